The average molecular weight is 329 g/mol. The number of hydrogen-bond donors (Lipinski definition) is 2. The van der Waals surface area contributed by atoms with E-state index in [-0.39, 0.29) is 6.04 Å². The van der Waals surface area contributed by atoms with Crippen LogP contribution < -0.4 is 10.0 Å². The summed E-state index contributed by atoms with van der Waals surface area (Å²) in [6, 6.07) is 4.21. The van der Waals surface area contributed by atoms with Crippen molar-refractivity contribution in [2.24, 2.45) is 11.8 Å². The number of thiophene rings is 1. The van der Waals surface area contributed by atoms with Gasteiger partial charge in [0.2, 0.25) is 10.0 Å². The van der Waals surface area contributed by atoms with Crippen LogP contribution in [0.3, 0.4) is 0 Å². The Balaban J connectivity index is 1.64. The molecule has 1 aromatic rings. The molecule has 0 spiro atoms. The van der Waals surface area contributed by atoms with Gasteiger partial charge in [-0.25, -0.2) is 13.1 Å². The van der Waals surface area contributed by atoms with Crippen molar-refractivity contribution in [2.45, 2.75) is 62.4 Å². The van der Waals surface area contributed by atoms with E-state index in [1.54, 1.807) is 6.07 Å². The van der Waals surface area contributed by atoms with Gasteiger partial charge in [-0.15, -0.1) is 11.3 Å². The molecule has 2 fully saturated rings. The molecule has 0 saturated heterocycles. The van der Waals surface area contributed by atoms with Gasteiger partial charge in [0.15, 0.2) is 0 Å². The first-order valence-corrected chi connectivity index (χ1v) is 10.1. The van der Waals surface area contributed by atoms with Gasteiger partial charge >= 0.3 is 0 Å². The zero-order valence-corrected chi connectivity index (χ0v) is 14.3. The molecule has 3 unspecified atom stereocenters. The summed E-state index contributed by atoms with van der Waals surface area (Å²) in [6.07, 6.45) is 4.71. The molecule has 0 amide bonds. The van der Waals surface area contributed by atoms with E-state index in [1.807, 2.05) is 6.07 Å². The van der Waals surface area contributed by atoms with Crippen LogP contribution in [0, 0.1) is 11.8 Å². The molecule has 0 radical (unpaired) electrons. The SMILES string of the molecule is CC(C)NCc1ccc(S(=O)(=O)NC2CC3CCC2C3)s1. The van der Waals surface area contributed by atoms with E-state index in [1.165, 1.54) is 30.6 Å². The Labute approximate surface area is 131 Å². The van der Waals surface area contributed by atoms with Crippen LogP contribution >= 0.6 is 11.3 Å². The van der Waals surface area contributed by atoms with Gasteiger partial charge in [-0.05, 0) is 43.2 Å². The molecule has 4 nitrogen and oxygen atoms in total. The third-order valence-electron chi connectivity index (χ3n) is 4.63. The summed E-state index contributed by atoms with van der Waals surface area (Å²) in [4.78, 5) is 1.07. The first-order chi connectivity index (χ1) is 9.94. The van der Waals surface area contributed by atoms with Gasteiger partial charge in [-0.1, -0.05) is 20.3 Å². The molecule has 3 atom stereocenters. The molecule has 1 heterocycles. The van der Waals surface area contributed by atoms with Crippen LogP contribution in [-0.2, 0) is 16.6 Å². The monoisotopic (exact) mass is 328 g/mol. The van der Waals surface area contributed by atoms with Crippen molar-refractivity contribution >= 4 is 21.4 Å². The second kappa shape index (κ2) is 5.99. The quantitative estimate of drug-likeness (QED) is 0.844. The minimum absolute atomic E-state index is 0.160. The molecule has 21 heavy (non-hydrogen) atoms. The van der Waals surface area contributed by atoms with Gasteiger partial charge in [0.25, 0.3) is 0 Å². The van der Waals surface area contributed by atoms with E-state index >= 15 is 0 Å². The van der Waals surface area contributed by atoms with Crippen molar-refractivity contribution < 1.29 is 8.42 Å². The van der Waals surface area contributed by atoms with E-state index in [2.05, 4.69) is 23.9 Å². The fraction of sp³-hybridized carbons (Fsp3) is 0.733. The number of sulfonamides is 1. The minimum Gasteiger partial charge on any atom is -0.310 e. The fourth-order valence-electron chi connectivity index (χ4n) is 3.55. The molecule has 0 aromatic carbocycles. The maximum atomic E-state index is 12.5. The average Bonchev–Trinajstić information content (AvgIpc) is 3.12. The highest BCUT2D eigenvalue weighted by Crippen LogP contribution is 2.45. The first-order valence-electron chi connectivity index (χ1n) is 7.78. The second-order valence-electron chi connectivity index (χ2n) is 6.66. The molecule has 3 rings (SSSR count). The van der Waals surface area contributed by atoms with E-state index in [0.717, 1.165) is 23.8 Å². The largest absolute Gasteiger partial charge is 0.310 e. The van der Waals surface area contributed by atoms with E-state index in [9.17, 15) is 8.42 Å². The normalized spacial score (nSPS) is 28.6. The van der Waals surface area contributed by atoms with Gasteiger partial charge in [-0.3, -0.25) is 0 Å². The second-order valence-corrected chi connectivity index (χ2v) is 9.77. The summed E-state index contributed by atoms with van der Waals surface area (Å²) in [5, 5.41) is 3.32. The molecule has 0 aliphatic heterocycles. The molecule has 2 bridgehead atoms. The first kappa shape index (κ1) is 15.5. The predicted octanol–water partition coefficient (Wildman–Crippen LogP) is 2.71. The molecule has 118 valence electrons. The summed E-state index contributed by atoms with van der Waals surface area (Å²) in [5.74, 6) is 1.31. The van der Waals surface area contributed by atoms with Crippen molar-refractivity contribution in [1.82, 2.24) is 10.0 Å². The van der Waals surface area contributed by atoms with E-state index < -0.39 is 10.0 Å². The van der Waals surface area contributed by atoms with Gasteiger partial charge in [0.1, 0.15) is 4.21 Å². The lowest BCUT2D eigenvalue weighted by Gasteiger charge is -2.22. The Morgan fingerprint density at radius 2 is 2.10 bits per heavy atom. The summed E-state index contributed by atoms with van der Waals surface area (Å²) in [7, 11) is -3.34. The van der Waals surface area contributed by atoms with E-state index in [4.69, 9.17) is 0 Å². The van der Waals surface area contributed by atoms with E-state index in [0.29, 0.717) is 16.2 Å². The summed E-state index contributed by atoms with van der Waals surface area (Å²) in [6.45, 7) is 4.90. The molecule has 6 heteroatoms. The zero-order valence-electron chi connectivity index (χ0n) is 12.6. The van der Waals surface area contributed by atoms with Gasteiger partial charge in [0, 0.05) is 23.5 Å². The molecule has 2 aliphatic carbocycles. The third-order valence-corrected chi connectivity index (χ3v) is 7.70. The van der Waals surface area contributed by atoms with Crippen molar-refractivity contribution in [1.29, 1.82) is 0 Å². The Bertz CT molecular complexity index is 595. The molecular weight excluding hydrogens is 304 g/mol. The molecule has 2 saturated carbocycles. The van der Waals surface area contributed by atoms with Gasteiger partial charge < -0.3 is 5.32 Å². The Hall–Kier alpha value is -0.430. The smallest absolute Gasteiger partial charge is 0.250 e. The zero-order chi connectivity index (χ0) is 15.0. The standard InChI is InChI=1S/C15H24N2O2S2/c1-10(2)16-9-13-5-6-15(20-13)21(18,19)17-14-8-11-3-4-12(14)7-11/h5-6,10-12,14,16-17H,3-4,7-9H2,1-2H3. The van der Waals surface area contributed by atoms with Crippen LogP contribution in [0.25, 0.3) is 0 Å². The van der Waals surface area contributed by atoms with Crippen molar-refractivity contribution in [3.05, 3.63) is 17.0 Å². The van der Waals surface area contributed by atoms with Gasteiger partial charge in [0.05, 0.1) is 0 Å². The summed E-state index contributed by atoms with van der Waals surface area (Å²) < 4.78 is 28.4. The molecule has 1 aromatic heterocycles. The highest BCUT2D eigenvalue weighted by molar-refractivity contribution is 7.91. The number of rotatable bonds is 6. The van der Waals surface area contributed by atoms with Gasteiger partial charge in [-0.2, -0.15) is 0 Å². The van der Waals surface area contributed by atoms with Crippen molar-refractivity contribution in [2.75, 3.05) is 0 Å². The lowest BCUT2D eigenvalue weighted by Crippen LogP contribution is -2.38. The Morgan fingerprint density at radius 1 is 1.29 bits per heavy atom. The fourth-order valence-corrected chi connectivity index (χ4v) is 6.19. The number of hydrogen-bond acceptors (Lipinski definition) is 4. The Morgan fingerprint density at radius 3 is 2.71 bits per heavy atom. The van der Waals surface area contributed by atoms with Crippen LogP contribution in [0.15, 0.2) is 16.3 Å². The summed E-state index contributed by atoms with van der Waals surface area (Å²) >= 11 is 1.37. The molecular formula is C15H24N2O2S2. The number of nitrogens with one attached hydrogen (secondary N) is 2. The van der Waals surface area contributed by atoms with Crippen LogP contribution in [0.5, 0.6) is 0 Å². The number of fused-ring (bicyclic) bond motifs is 2. The molecule has 2 aliphatic rings. The van der Waals surface area contributed by atoms with Crippen molar-refractivity contribution in [3.63, 3.8) is 0 Å². The summed E-state index contributed by atoms with van der Waals surface area (Å²) in [5.41, 5.74) is 0. The van der Waals surface area contributed by atoms with Crippen LogP contribution in [-0.4, -0.2) is 20.5 Å². The van der Waals surface area contributed by atoms with Crippen molar-refractivity contribution in [3.8, 4) is 0 Å². The maximum Gasteiger partial charge on any atom is 0.250 e. The lowest BCUT2D eigenvalue weighted by molar-refractivity contribution is 0.390. The molecule has 2 N–H and O–H groups in total. The lowest BCUT2D eigenvalue weighted by atomic mass is 9.96. The highest BCUT2D eigenvalue weighted by Gasteiger charge is 2.41. The predicted molar refractivity (Wildman–Crippen MR) is 85.9 cm³/mol. The van der Waals surface area contributed by atoms with Crippen LogP contribution in [0.1, 0.15) is 44.4 Å². The Kier molecular flexibility index (Phi) is 4.41. The topological polar surface area (TPSA) is 58.2 Å². The van der Waals surface area contributed by atoms with Crippen LogP contribution in [0.4, 0.5) is 0 Å². The maximum absolute atomic E-state index is 12.5. The van der Waals surface area contributed by atoms with Crippen LogP contribution in [0.2, 0.25) is 0 Å². The highest BCUT2D eigenvalue weighted by atomic mass is 32.2. The third kappa shape index (κ3) is 3.50. The minimum atomic E-state index is -3.34.